The van der Waals surface area contributed by atoms with E-state index in [1.807, 2.05) is 24.3 Å². The van der Waals surface area contributed by atoms with Gasteiger partial charge in [0.15, 0.2) is 5.82 Å². The minimum absolute atomic E-state index is 0.358. The Bertz CT molecular complexity index is 513. The van der Waals surface area contributed by atoms with Gasteiger partial charge in [0.1, 0.15) is 17.3 Å². The molecule has 0 unspecified atom stereocenters. The van der Waals surface area contributed by atoms with E-state index in [4.69, 9.17) is 10.5 Å². The molecule has 5 nitrogen and oxygen atoms in total. The fourth-order valence-corrected chi connectivity index (χ4v) is 1.46. The summed E-state index contributed by atoms with van der Waals surface area (Å²) in [5.41, 5.74) is 7.15. The van der Waals surface area contributed by atoms with Crippen LogP contribution in [0.5, 0.6) is 5.75 Å². The number of hydrogen-bond acceptors (Lipinski definition) is 5. The summed E-state index contributed by atoms with van der Waals surface area (Å²) < 4.78 is 5.23. The second-order valence-corrected chi connectivity index (χ2v) is 3.29. The largest absolute Gasteiger partial charge is 0.496 e. The van der Waals surface area contributed by atoms with Crippen molar-refractivity contribution in [2.75, 3.05) is 12.8 Å². The third-order valence-corrected chi connectivity index (χ3v) is 2.18. The molecule has 1 aromatic heterocycles. The van der Waals surface area contributed by atoms with Crippen LogP contribution in [0.2, 0.25) is 0 Å². The molecule has 1 aromatic carbocycles. The number of para-hydroxylation sites is 1. The van der Waals surface area contributed by atoms with Gasteiger partial charge < -0.3 is 10.5 Å². The van der Waals surface area contributed by atoms with Crippen LogP contribution in [0.3, 0.4) is 0 Å². The van der Waals surface area contributed by atoms with Crippen LogP contribution in [0.15, 0.2) is 24.3 Å². The highest BCUT2D eigenvalue weighted by atomic mass is 16.5. The molecule has 5 heteroatoms. The number of aromatic nitrogens is 3. The zero-order chi connectivity index (χ0) is 11.5. The minimum atomic E-state index is 0.358. The van der Waals surface area contributed by atoms with Crippen LogP contribution >= 0.6 is 0 Å². The Kier molecular flexibility index (Phi) is 2.68. The Balaban J connectivity index is 2.58. The lowest BCUT2D eigenvalue weighted by Gasteiger charge is -2.08. The second-order valence-electron chi connectivity index (χ2n) is 3.29. The highest BCUT2D eigenvalue weighted by molar-refractivity contribution is 5.74. The zero-order valence-electron chi connectivity index (χ0n) is 9.14. The monoisotopic (exact) mass is 216 g/mol. The second kappa shape index (κ2) is 4.14. The zero-order valence-corrected chi connectivity index (χ0v) is 9.14. The Morgan fingerprint density at radius 2 is 1.94 bits per heavy atom. The molecule has 0 amide bonds. The fourth-order valence-electron chi connectivity index (χ4n) is 1.46. The maximum atomic E-state index is 5.81. The number of anilines is 1. The van der Waals surface area contributed by atoms with E-state index in [2.05, 4.69) is 15.2 Å². The first-order chi connectivity index (χ1) is 7.72. The highest BCUT2D eigenvalue weighted by Crippen LogP contribution is 2.30. The standard InChI is InChI=1S/C11H12N4O/c1-7-13-11(12)10(15-14-7)8-5-3-4-6-9(8)16-2/h3-6H,1-2H3,(H2,12,13,14). The summed E-state index contributed by atoms with van der Waals surface area (Å²) in [5, 5.41) is 7.93. The van der Waals surface area contributed by atoms with Crippen molar-refractivity contribution in [2.45, 2.75) is 6.92 Å². The van der Waals surface area contributed by atoms with E-state index in [0.717, 1.165) is 5.56 Å². The van der Waals surface area contributed by atoms with Gasteiger partial charge in [0.25, 0.3) is 0 Å². The van der Waals surface area contributed by atoms with Crippen LogP contribution in [-0.2, 0) is 0 Å². The average Bonchev–Trinajstić information content (AvgIpc) is 2.29. The van der Waals surface area contributed by atoms with Crippen LogP contribution < -0.4 is 10.5 Å². The molecule has 1 heterocycles. The molecule has 0 radical (unpaired) electrons. The minimum Gasteiger partial charge on any atom is -0.496 e. The fraction of sp³-hybridized carbons (Fsp3) is 0.182. The predicted octanol–water partition coefficient (Wildman–Crippen LogP) is 1.44. The topological polar surface area (TPSA) is 73.9 Å². The van der Waals surface area contributed by atoms with Gasteiger partial charge in [-0.1, -0.05) is 12.1 Å². The predicted molar refractivity (Wildman–Crippen MR) is 61.0 cm³/mol. The Morgan fingerprint density at radius 1 is 1.19 bits per heavy atom. The smallest absolute Gasteiger partial charge is 0.154 e. The first-order valence-corrected chi connectivity index (χ1v) is 4.82. The van der Waals surface area contributed by atoms with Gasteiger partial charge in [0.2, 0.25) is 0 Å². The maximum Gasteiger partial charge on any atom is 0.154 e. The van der Waals surface area contributed by atoms with Gasteiger partial charge in [0.05, 0.1) is 7.11 Å². The molecular weight excluding hydrogens is 204 g/mol. The van der Waals surface area contributed by atoms with Gasteiger partial charge in [-0.25, -0.2) is 4.98 Å². The molecule has 0 atom stereocenters. The van der Waals surface area contributed by atoms with Gasteiger partial charge in [-0.3, -0.25) is 0 Å². The van der Waals surface area contributed by atoms with E-state index in [0.29, 0.717) is 23.1 Å². The van der Waals surface area contributed by atoms with Gasteiger partial charge in [-0.15, -0.1) is 10.2 Å². The molecule has 0 spiro atoms. The van der Waals surface area contributed by atoms with Gasteiger partial charge >= 0.3 is 0 Å². The number of rotatable bonds is 2. The van der Waals surface area contributed by atoms with E-state index < -0.39 is 0 Å². The van der Waals surface area contributed by atoms with Crippen molar-refractivity contribution in [3.8, 4) is 17.0 Å². The van der Waals surface area contributed by atoms with Gasteiger partial charge in [-0.05, 0) is 19.1 Å². The van der Waals surface area contributed by atoms with E-state index in [1.54, 1.807) is 14.0 Å². The first kappa shape index (κ1) is 10.4. The van der Waals surface area contributed by atoms with Crippen molar-refractivity contribution >= 4 is 5.82 Å². The number of hydrogen-bond donors (Lipinski definition) is 1. The summed E-state index contributed by atoms with van der Waals surface area (Å²) in [6.07, 6.45) is 0. The molecule has 2 rings (SSSR count). The lowest BCUT2D eigenvalue weighted by atomic mass is 10.1. The average molecular weight is 216 g/mol. The lowest BCUT2D eigenvalue weighted by molar-refractivity contribution is 0.416. The summed E-state index contributed by atoms with van der Waals surface area (Å²) in [7, 11) is 1.60. The maximum absolute atomic E-state index is 5.81. The number of aryl methyl sites for hydroxylation is 1. The molecule has 0 aliphatic carbocycles. The number of methoxy groups -OCH3 is 1. The number of ether oxygens (including phenoxy) is 1. The quantitative estimate of drug-likeness (QED) is 0.822. The van der Waals surface area contributed by atoms with Crippen LogP contribution in [0.25, 0.3) is 11.3 Å². The summed E-state index contributed by atoms with van der Waals surface area (Å²) >= 11 is 0. The van der Waals surface area contributed by atoms with Gasteiger partial charge in [0, 0.05) is 5.56 Å². The van der Waals surface area contributed by atoms with Crippen LogP contribution in [0.1, 0.15) is 5.82 Å². The molecule has 0 bridgehead atoms. The molecule has 0 saturated heterocycles. The Hall–Kier alpha value is -2.17. The first-order valence-electron chi connectivity index (χ1n) is 4.82. The van der Waals surface area contributed by atoms with Crippen molar-refractivity contribution in [1.82, 2.24) is 15.2 Å². The van der Waals surface area contributed by atoms with Crippen molar-refractivity contribution in [1.29, 1.82) is 0 Å². The summed E-state index contributed by atoms with van der Waals surface area (Å²) in [5.74, 6) is 1.61. The van der Waals surface area contributed by atoms with E-state index in [9.17, 15) is 0 Å². The lowest BCUT2D eigenvalue weighted by Crippen LogP contribution is -2.02. The molecule has 2 N–H and O–H groups in total. The number of benzene rings is 1. The van der Waals surface area contributed by atoms with E-state index in [-0.39, 0.29) is 0 Å². The Morgan fingerprint density at radius 3 is 2.62 bits per heavy atom. The SMILES string of the molecule is COc1ccccc1-c1nnc(C)nc1N. The molecule has 0 fully saturated rings. The normalized spacial score (nSPS) is 10.1. The number of nitrogens with zero attached hydrogens (tertiary/aromatic N) is 3. The summed E-state index contributed by atoms with van der Waals surface area (Å²) in [4.78, 5) is 4.07. The molecular formula is C11H12N4O. The van der Waals surface area contributed by atoms with Crippen LogP contribution in [-0.4, -0.2) is 22.3 Å². The molecule has 82 valence electrons. The molecule has 16 heavy (non-hydrogen) atoms. The highest BCUT2D eigenvalue weighted by Gasteiger charge is 2.11. The number of nitrogen functional groups attached to an aromatic ring is 1. The summed E-state index contributed by atoms with van der Waals surface area (Å²) in [6.45, 7) is 1.75. The summed E-state index contributed by atoms with van der Waals surface area (Å²) in [6, 6.07) is 7.49. The Labute approximate surface area is 93.3 Å². The molecule has 0 aliphatic rings. The van der Waals surface area contributed by atoms with Crippen molar-refractivity contribution < 1.29 is 4.74 Å². The van der Waals surface area contributed by atoms with E-state index in [1.165, 1.54) is 0 Å². The van der Waals surface area contributed by atoms with Gasteiger partial charge in [-0.2, -0.15) is 0 Å². The van der Waals surface area contributed by atoms with Crippen molar-refractivity contribution in [2.24, 2.45) is 0 Å². The van der Waals surface area contributed by atoms with E-state index >= 15 is 0 Å². The molecule has 0 saturated carbocycles. The third kappa shape index (κ3) is 1.79. The number of nitrogens with two attached hydrogens (primary N) is 1. The van der Waals surface area contributed by atoms with Crippen molar-refractivity contribution in [3.63, 3.8) is 0 Å². The van der Waals surface area contributed by atoms with Crippen LogP contribution in [0, 0.1) is 6.92 Å². The molecule has 2 aromatic rings. The van der Waals surface area contributed by atoms with Crippen LogP contribution in [0.4, 0.5) is 5.82 Å². The molecule has 0 aliphatic heterocycles. The van der Waals surface area contributed by atoms with Crippen molar-refractivity contribution in [3.05, 3.63) is 30.1 Å². The third-order valence-electron chi connectivity index (χ3n) is 2.18.